The lowest BCUT2D eigenvalue weighted by Gasteiger charge is -2.25. The summed E-state index contributed by atoms with van der Waals surface area (Å²) in [7, 11) is 0. The number of furan rings is 1. The van der Waals surface area contributed by atoms with Gasteiger partial charge < -0.3 is 9.32 Å². The Balaban J connectivity index is 1.68. The van der Waals surface area contributed by atoms with Crippen molar-refractivity contribution in [1.29, 1.82) is 0 Å². The van der Waals surface area contributed by atoms with Crippen LogP contribution < -0.4 is 4.90 Å². The average Bonchev–Trinajstić information content (AvgIpc) is 3.44. The van der Waals surface area contributed by atoms with Gasteiger partial charge in [0, 0.05) is 42.3 Å². The maximum atomic E-state index is 6.58. The molecule has 5 aromatic carbocycles. The summed E-state index contributed by atoms with van der Waals surface area (Å²) >= 11 is 1.84. The summed E-state index contributed by atoms with van der Waals surface area (Å²) < 4.78 is 9.15. The normalized spacial score (nSPS) is 11.6. The van der Waals surface area contributed by atoms with Crippen molar-refractivity contribution in [2.24, 2.45) is 0 Å². The number of nitrogens with zero attached hydrogens (tertiary/aromatic N) is 1. The Morgan fingerprint density at radius 3 is 1.91 bits per heavy atom. The number of para-hydroxylation sites is 3. The molecule has 0 saturated heterocycles. The molecular weight excluding hydrogens is 422 g/mol. The van der Waals surface area contributed by atoms with Crippen LogP contribution in [0.25, 0.3) is 42.1 Å². The minimum atomic E-state index is 0.916. The molecule has 0 saturated carbocycles. The number of hydrogen-bond acceptors (Lipinski definition) is 3. The van der Waals surface area contributed by atoms with Gasteiger partial charge in [0.2, 0.25) is 0 Å². The lowest BCUT2D eigenvalue weighted by Crippen LogP contribution is -2.10. The molecule has 0 atom stereocenters. The van der Waals surface area contributed by atoms with Gasteiger partial charge in [-0.3, -0.25) is 0 Å². The first-order valence-electron chi connectivity index (χ1n) is 11.0. The quantitative estimate of drug-likeness (QED) is 0.271. The molecule has 0 radical (unpaired) electrons. The predicted molar refractivity (Wildman–Crippen MR) is 141 cm³/mol. The van der Waals surface area contributed by atoms with E-state index in [-0.39, 0.29) is 0 Å². The first kappa shape index (κ1) is 18.5. The third kappa shape index (κ3) is 2.80. The van der Waals surface area contributed by atoms with E-state index in [1.807, 2.05) is 17.4 Å². The van der Waals surface area contributed by atoms with Crippen LogP contribution >= 0.6 is 11.3 Å². The van der Waals surface area contributed by atoms with Crippen LogP contribution in [0.15, 0.2) is 120 Å². The van der Waals surface area contributed by atoms with Gasteiger partial charge in [0.25, 0.3) is 0 Å². The Hall–Kier alpha value is -4.08. The Morgan fingerprint density at radius 2 is 1.18 bits per heavy atom. The van der Waals surface area contributed by atoms with Crippen LogP contribution in [0.4, 0.5) is 17.1 Å². The van der Waals surface area contributed by atoms with Crippen LogP contribution in [0.3, 0.4) is 0 Å². The van der Waals surface area contributed by atoms with E-state index in [0.717, 1.165) is 33.6 Å². The fraction of sp³-hybridized carbons (Fsp3) is 0. The van der Waals surface area contributed by atoms with Gasteiger partial charge in [-0.15, -0.1) is 11.3 Å². The lowest BCUT2D eigenvalue weighted by atomic mass is 10.0. The van der Waals surface area contributed by atoms with Crippen LogP contribution in [0.2, 0.25) is 0 Å². The van der Waals surface area contributed by atoms with E-state index in [9.17, 15) is 0 Å². The Kier molecular flexibility index (Phi) is 4.05. The second-order valence-corrected chi connectivity index (χ2v) is 9.23. The summed E-state index contributed by atoms with van der Waals surface area (Å²) in [6, 6.07) is 40.4. The van der Waals surface area contributed by atoms with E-state index in [1.165, 1.54) is 25.6 Å². The van der Waals surface area contributed by atoms with Crippen molar-refractivity contribution in [3.05, 3.63) is 115 Å². The number of fused-ring (bicyclic) bond motifs is 7. The van der Waals surface area contributed by atoms with Crippen LogP contribution in [-0.2, 0) is 0 Å². The van der Waals surface area contributed by atoms with Crippen LogP contribution in [-0.4, -0.2) is 0 Å². The van der Waals surface area contributed by atoms with Gasteiger partial charge >= 0.3 is 0 Å². The van der Waals surface area contributed by atoms with Gasteiger partial charge in [0.05, 0.1) is 5.69 Å². The third-order valence-corrected chi connectivity index (χ3v) is 7.44. The van der Waals surface area contributed by atoms with E-state index in [0.29, 0.717) is 0 Å². The molecule has 0 bridgehead atoms. The highest BCUT2D eigenvalue weighted by atomic mass is 32.1. The summed E-state index contributed by atoms with van der Waals surface area (Å²) in [5.41, 5.74) is 5.09. The Morgan fingerprint density at radius 1 is 0.576 bits per heavy atom. The molecule has 33 heavy (non-hydrogen) atoms. The zero-order valence-corrected chi connectivity index (χ0v) is 18.5. The largest absolute Gasteiger partial charge is 0.454 e. The molecule has 0 aliphatic carbocycles. The third-order valence-electron chi connectivity index (χ3n) is 6.24. The Bertz CT molecular complexity index is 1720. The summed E-state index contributed by atoms with van der Waals surface area (Å²) in [6.45, 7) is 0. The summed E-state index contributed by atoms with van der Waals surface area (Å²) in [5, 5.41) is 4.90. The van der Waals surface area contributed by atoms with Crippen molar-refractivity contribution < 1.29 is 4.42 Å². The summed E-state index contributed by atoms with van der Waals surface area (Å²) in [6.07, 6.45) is 0. The summed E-state index contributed by atoms with van der Waals surface area (Å²) in [5.74, 6) is 0. The van der Waals surface area contributed by atoms with E-state index in [1.54, 1.807) is 0 Å². The monoisotopic (exact) mass is 441 g/mol. The van der Waals surface area contributed by atoms with Crippen LogP contribution in [0, 0.1) is 0 Å². The summed E-state index contributed by atoms with van der Waals surface area (Å²) in [4.78, 5) is 2.30. The fourth-order valence-electron chi connectivity index (χ4n) is 4.80. The van der Waals surface area contributed by atoms with Gasteiger partial charge in [0.15, 0.2) is 5.58 Å². The van der Waals surface area contributed by atoms with E-state index in [2.05, 4.69) is 114 Å². The minimum absolute atomic E-state index is 0.916. The first-order valence-corrected chi connectivity index (χ1v) is 11.9. The van der Waals surface area contributed by atoms with Crippen molar-refractivity contribution in [3.8, 4) is 0 Å². The van der Waals surface area contributed by atoms with Gasteiger partial charge in [-0.25, -0.2) is 0 Å². The molecule has 0 aliphatic rings. The molecule has 0 aliphatic heterocycles. The second kappa shape index (κ2) is 7.22. The standard InChI is InChI=1S/C30H19NOS/c1-3-11-20(12-4-1)31(21-13-5-2-6-14-21)25-19-24-22-15-8-10-18-27(22)33-30(24)28-23-16-7-9-17-26(23)32-29(25)28/h1-19H. The molecule has 156 valence electrons. The molecule has 7 rings (SSSR count). The molecule has 7 aromatic rings. The number of benzene rings is 5. The second-order valence-electron chi connectivity index (χ2n) is 8.18. The molecule has 2 aromatic heterocycles. The zero-order valence-electron chi connectivity index (χ0n) is 17.7. The minimum Gasteiger partial charge on any atom is -0.454 e. The molecule has 0 N–H and O–H groups in total. The Labute approximate surface area is 194 Å². The molecule has 0 fully saturated rings. The maximum Gasteiger partial charge on any atom is 0.160 e. The topological polar surface area (TPSA) is 16.4 Å². The van der Waals surface area contributed by atoms with Gasteiger partial charge in [-0.05, 0) is 42.5 Å². The number of rotatable bonds is 3. The molecule has 2 heterocycles. The molecule has 3 heteroatoms. The van der Waals surface area contributed by atoms with Crippen LogP contribution in [0.1, 0.15) is 0 Å². The number of hydrogen-bond donors (Lipinski definition) is 0. The van der Waals surface area contributed by atoms with E-state index < -0.39 is 0 Å². The lowest BCUT2D eigenvalue weighted by molar-refractivity contribution is 0.669. The van der Waals surface area contributed by atoms with Gasteiger partial charge in [-0.2, -0.15) is 0 Å². The predicted octanol–water partition coefficient (Wildman–Crippen LogP) is 9.42. The van der Waals surface area contributed by atoms with Crippen LogP contribution in [0.5, 0.6) is 0 Å². The zero-order chi connectivity index (χ0) is 21.8. The first-order chi connectivity index (χ1) is 16.4. The van der Waals surface area contributed by atoms with Crippen molar-refractivity contribution >= 4 is 70.5 Å². The van der Waals surface area contributed by atoms with Gasteiger partial charge in [0.1, 0.15) is 5.58 Å². The van der Waals surface area contributed by atoms with E-state index in [4.69, 9.17) is 4.42 Å². The number of anilines is 3. The molecule has 2 nitrogen and oxygen atoms in total. The van der Waals surface area contributed by atoms with Crippen molar-refractivity contribution in [2.45, 2.75) is 0 Å². The van der Waals surface area contributed by atoms with Crippen molar-refractivity contribution in [2.75, 3.05) is 4.90 Å². The fourth-order valence-corrected chi connectivity index (χ4v) is 6.03. The molecular formula is C30H19NOS. The van der Waals surface area contributed by atoms with Crippen molar-refractivity contribution in [1.82, 2.24) is 0 Å². The van der Waals surface area contributed by atoms with E-state index >= 15 is 0 Å². The smallest absolute Gasteiger partial charge is 0.160 e. The highest BCUT2D eigenvalue weighted by Gasteiger charge is 2.23. The molecule has 0 spiro atoms. The average molecular weight is 442 g/mol. The highest BCUT2D eigenvalue weighted by Crippen LogP contribution is 2.48. The van der Waals surface area contributed by atoms with Gasteiger partial charge in [-0.1, -0.05) is 72.8 Å². The SMILES string of the molecule is c1ccc(N(c2ccccc2)c2cc3c4ccccc4sc3c3c2oc2ccccc23)cc1. The van der Waals surface area contributed by atoms with Crippen molar-refractivity contribution in [3.63, 3.8) is 0 Å². The molecule has 0 unspecified atom stereocenters. The highest BCUT2D eigenvalue weighted by molar-refractivity contribution is 7.26. The number of thiophene rings is 1. The maximum absolute atomic E-state index is 6.58. The molecule has 0 amide bonds.